The highest BCUT2D eigenvalue weighted by Crippen LogP contribution is 2.34. The van der Waals surface area contributed by atoms with Gasteiger partial charge in [0.15, 0.2) is 6.17 Å². The Morgan fingerprint density at radius 3 is 2.77 bits per heavy atom. The van der Waals surface area contributed by atoms with Crippen molar-refractivity contribution in [1.29, 1.82) is 0 Å². The molecule has 0 radical (unpaired) electrons. The third kappa shape index (κ3) is 3.45. The van der Waals surface area contributed by atoms with E-state index in [0.717, 1.165) is 43.7 Å². The molecule has 2 heterocycles. The molecule has 1 unspecified atom stereocenters. The molecule has 0 saturated carbocycles. The number of benzene rings is 2. The van der Waals surface area contributed by atoms with Crippen molar-refractivity contribution in [3.63, 3.8) is 0 Å². The summed E-state index contributed by atoms with van der Waals surface area (Å²) in [5.41, 5.74) is 4.83. The van der Waals surface area contributed by atoms with Gasteiger partial charge in [-0.05, 0) is 30.9 Å². The molecule has 2 aromatic rings. The number of piperidine rings is 1. The Balaban J connectivity index is 1.64. The molecule has 2 aliphatic rings. The molecule has 0 amide bonds. The van der Waals surface area contributed by atoms with Crippen LogP contribution >= 0.6 is 0 Å². The number of fused-ring (bicyclic) bond motifs is 1. The zero-order chi connectivity index (χ0) is 17.8. The minimum absolute atomic E-state index is 0.0338. The molecular weight excluding hydrogens is 322 g/mol. The van der Waals surface area contributed by atoms with E-state index in [4.69, 9.17) is 9.73 Å². The fourth-order valence-corrected chi connectivity index (χ4v) is 3.65. The van der Waals surface area contributed by atoms with Gasteiger partial charge in [0.2, 0.25) is 0 Å². The summed E-state index contributed by atoms with van der Waals surface area (Å²) >= 11 is 0. The second-order valence-electron chi connectivity index (χ2n) is 6.74. The standard InChI is InChI=1S/C22H25N3O/c1-26-21-12-6-5-10-18(21)22-24-19-11-7-14-23-20(19)16-25(22)15-13-17-8-3-2-4-9-17/h2-6,8-10,12,16,22-23H,7,11,13-15H2,1H3. The van der Waals surface area contributed by atoms with E-state index in [1.165, 1.54) is 17.0 Å². The quantitative estimate of drug-likeness (QED) is 0.891. The summed E-state index contributed by atoms with van der Waals surface area (Å²) < 4.78 is 5.61. The van der Waals surface area contributed by atoms with Crippen LogP contribution in [0.2, 0.25) is 0 Å². The topological polar surface area (TPSA) is 36.9 Å². The molecule has 0 aromatic heterocycles. The van der Waals surface area contributed by atoms with Crippen LogP contribution in [0.4, 0.5) is 0 Å². The number of nitrogens with one attached hydrogen (secondary N) is 1. The van der Waals surface area contributed by atoms with Crippen molar-refractivity contribution in [2.45, 2.75) is 25.4 Å². The first kappa shape index (κ1) is 16.7. The Hall–Kier alpha value is -2.75. The predicted molar refractivity (Wildman–Crippen MR) is 105 cm³/mol. The molecule has 4 heteroatoms. The molecule has 1 fully saturated rings. The van der Waals surface area contributed by atoms with Gasteiger partial charge in [0, 0.05) is 24.9 Å². The molecule has 0 bridgehead atoms. The highest BCUT2D eigenvalue weighted by Gasteiger charge is 2.28. The fourth-order valence-electron chi connectivity index (χ4n) is 3.65. The molecule has 0 spiro atoms. The third-order valence-electron chi connectivity index (χ3n) is 5.02. The maximum atomic E-state index is 5.61. The second kappa shape index (κ2) is 7.65. The van der Waals surface area contributed by atoms with Crippen LogP contribution in [0.3, 0.4) is 0 Å². The predicted octanol–water partition coefficient (Wildman–Crippen LogP) is 3.92. The Morgan fingerprint density at radius 1 is 1.12 bits per heavy atom. The van der Waals surface area contributed by atoms with Crippen molar-refractivity contribution in [2.75, 3.05) is 20.2 Å². The first-order chi connectivity index (χ1) is 12.8. The van der Waals surface area contributed by atoms with Gasteiger partial charge in [-0.3, -0.25) is 4.99 Å². The van der Waals surface area contributed by atoms with E-state index in [1.807, 2.05) is 12.1 Å². The number of rotatable bonds is 5. The number of allylic oxidation sites excluding steroid dienone is 1. The number of hydrogen-bond acceptors (Lipinski definition) is 4. The van der Waals surface area contributed by atoms with E-state index in [9.17, 15) is 0 Å². The second-order valence-corrected chi connectivity index (χ2v) is 6.74. The third-order valence-corrected chi connectivity index (χ3v) is 5.02. The van der Waals surface area contributed by atoms with E-state index in [1.54, 1.807) is 7.11 Å². The summed E-state index contributed by atoms with van der Waals surface area (Å²) in [6.07, 6.45) is 5.38. The highest BCUT2D eigenvalue weighted by atomic mass is 16.5. The molecule has 2 aliphatic heterocycles. The monoisotopic (exact) mass is 347 g/mol. The maximum absolute atomic E-state index is 5.61. The maximum Gasteiger partial charge on any atom is 0.150 e. The van der Waals surface area contributed by atoms with E-state index in [2.05, 4.69) is 58.9 Å². The first-order valence-corrected chi connectivity index (χ1v) is 9.30. The van der Waals surface area contributed by atoms with Crippen LogP contribution in [0.15, 0.2) is 71.5 Å². The molecule has 0 aliphatic carbocycles. The van der Waals surface area contributed by atoms with Crippen LogP contribution in [0.5, 0.6) is 5.75 Å². The van der Waals surface area contributed by atoms with Crippen molar-refractivity contribution in [2.24, 2.45) is 4.99 Å². The van der Waals surface area contributed by atoms with Crippen molar-refractivity contribution < 1.29 is 4.74 Å². The lowest BCUT2D eigenvalue weighted by Gasteiger charge is -2.36. The smallest absolute Gasteiger partial charge is 0.150 e. The molecule has 26 heavy (non-hydrogen) atoms. The van der Waals surface area contributed by atoms with E-state index in [0.29, 0.717) is 0 Å². The van der Waals surface area contributed by atoms with Crippen molar-refractivity contribution in [3.8, 4) is 5.75 Å². The van der Waals surface area contributed by atoms with Gasteiger partial charge >= 0.3 is 0 Å². The van der Waals surface area contributed by atoms with E-state index >= 15 is 0 Å². The van der Waals surface area contributed by atoms with Crippen LogP contribution in [-0.2, 0) is 6.42 Å². The molecule has 1 atom stereocenters. The van der Waals surface area contributed by atoms with Crippen LogP contribution in [0.25, 0.3) is 0 Å². The van der Waals surface area contributed by atoms with Crippen molar-refractivity contribution in [1.82, 2.24) is 10.2 Å². The van der Waals surface area contributed by atoms with Gasteiger partial charge in [-0.15, -0.1) is 0 Å². The lowest BCUT2D eigenvalue weighted by Crippen LogP contribution is -2.37. The summed E-state index contributed by atoms with van der Waals surface area (Å²) in [6.45, 7) is 1.94. The number of para-hydroxylation sites is 1. The fraction of sp³-hybridized carbons (Fsp3) is 0.318. The Labute approximate surface area is 155 Å². The van der Waals surface area contributed by atoms with E-state index in [-0.39, 0.29) is 6.17 Å². The van der Waals surface area contributed by atoms with Crippen LogP contribution < -0.4 is 10.1 Å². The summed E-state index contributed by atoms with van der Waals surface area (Å²) in [7, 11) is 1.73. The molecule has 2 aromatic carbocycles. The van der Waals surface area contributed by atoms with Crippen LogP contribution in [0, 0.1) is 0 Å². The number of hydrogen-bond donors (Lipinski definition) is 1. The Kier molecular flexibility index (Phi) is 4.91. The molecule has 134 valence electrons. The number of methoxy groups -OCH3 is 1. The van der Waals surface area contributed by atoms with Crippen molar-refractivity contribution >= 4 is 5.71 Å². The SMILES string of the molecule is COc1ccccc1C1N=C2CCCNC2=CN1CCc1ccccc1. The number of aliphatic imine (C=N–C) groups is 1. The summed E-state index contributed by atoms with van der Waals surface area (Å²) in [5, 5.41) is 3.51. The Morgan fingerprint density at radius 2 is 1.92 bits per heavy atom. The van der Waals surface area contributed by atoms with Gasteiger partial charge in [-0.25, -0.2) is 0 Å². The summed E-state index contributed by atoms with van der Waals surface area (Å²) in [4.78, 5) is 7.44. The van der Waals surface area contributed by atoms with Gasteiger partial charge in [0.25, 0.3) is 0 Å². The molecular formula is C22H25N3O. The normalized spacial score (nSPS) is 19.1. The zero-order valence-corrected chi connectivity index (χ0v) is 15.2. The largest absolute Gasteiger partial charge is 0.496 e. The first-order valence-electron chi connectivity index (χ1n) is 9.30. The Bertz CT molecular complexity index is 813. The summed E-state index contributed by atoms with van der Waals surface area (Å²) in [6, 6.07) is 18.8. The molecule has 1 N–H and O–H groups in total. The van der Waals surface area contributed by atoms with Gasteiger partial charge < -0.3 is 15.0 Å². The van der Waals surface area contributed by atoms with E-state index < -0.39 is 0 Å². The van der Waals surface area contributed by atoms with Crippen molar-refractivity contribution in [3.05, 3.63) is 77.6 Å². The lowest BCUT2D eigenvalue weighted by atomic mass is 10.0. The minimum atomic E-state index is -0.0338. The molecule has 4 rings (SSSR count). The van der Waals surface area contributed by atoms with Gasteiger partial charge in [0.05, 0.1) is 18.5 Å². The zero-order valence-electron chi connectivity index (χ0n) is 15.2. The number of ether oxygens (including phenoxy) is 1. The summed E-state index contributed by atoms with van der Waals surface area (Å²) in [5.74, 6) is 0.896. The average molecular weight is 347 g/mol. The van der Waals surface area contributed by atoms with Crippen LogP contribution in [0.1, 0.15) is 30.1 Å². The lowest BCUT2D eigenvalue weighted by molar-refractivity contribution is 0.273. The highest BCUT2D eigenvalue weighted by molar-refractivity contribution is 6.00. The molecule has 4 nitrogen and oxygen atoms in total. The van der Waals surface area contributed by atoms with Gasteiger partial charge in [0.1, 0.15) is 5.75 Å². The average Bonchev–Trinajstić information content (AvgIpc) is 2.72. The van der Waals surface area contributed by atoms with Crippen LogP contribution in [-0.4, -0.2) is 30.8 Å². The van der Waals surface area contributed by atoms with Gasteiger partial charge in [-0.1, -0.05) is 48.5 Å². The minimum Gasteiger partial charge on any atom is -0.496 e. The van der Waals surface area contributed by atoms with Gasteiger partial charge in [-0.2, -0.15) is 0 Å². The molecule has 1 saturated heterocycles. The number of nitrogens with zero attached hydrogens (tertiary/aromatic N) is 2.